The topological polar surface area (TPSA) is 126 Å². The molecule has 2 amide bonds. The predicted octanol–water partition coefficient (Wildman–Crippen LogP) is 6.55. The number of nitrogens with one attached hydrogen (secondary N) is 3. The van der Waals surface area contributed by atoms with E-state index in [9.17, 15) is 9.59 Å². The number of carbonyl (C=O) groups is 2. The number of aromatic nitrogens is 4. The first-order valence-electron chi connectivity index (χ1n) is 15.7. The molecule has 42 heavy (non-hydrogen) atoms. The average Bonchev–Trinajstić information content (AvgIpc) is 3.64. The van der Waals surface area contributed by atoms with Crippen LogP contribution in [-0.4, -0.2) is 38.2 Å². The van der Waals surface area contributed by atoms with Gasteiger partial charge in [0.15, 0.2) is 0 Å². The van der Waals surface area contributed by atoms with Crippen LogP contribution in [0.3, 0.4) is 0 Å². The molecule has 226 valence electrons. The molecule has 2 aliphatic rings. The first-order chi connectivity index (χ1) is 20.4. The van der Waals surface area contributed by atoms with Gasteiger partial charge in [0.25, 0.3) is 5.91 Å². The zero-order valence-electron chi connectivity index (χ0n) is 25.0. The van der Waals surface area contributed by atoms with Crippen LogP contribution in [-0.2, 0) is 17.6 Å². The lowest BCUT2D eigenvalue weighted by Crippen LogP contribution is -2.53. The summed E-state index contributed by atoms with van der Waals surface area (Å²) in [5, 5.41) is 17.1. The first kappa shape index (κ1) is 29.9. The molecule has 2 fully saturated rings. The van der Waals surface area contributed by atoms with Crippen molar-refractivity contribution in [1.82, 2.24) is 25.7 Å². The molecule has 0 radical (unpaired) electrons. The Bertz CT molecular complexity index is 1350. The molecular weight excluding hydrogens is 535 g/mol. The van der Waals surface area contributed by atoms with Crippen molar-refractivity contribution < 1.29 is 18.5 Å². The third-order valence-electron chi connectivity index (χ3n) is 9.29. The van der Waals surface area contributed by atoms with Gasteiger partial charge in [-0.3, -0.25) is 14.7 Å². The van der Waals surface area contributed by atoms with E-state index >= 15 is 4.39 Å². The van der Waals surface area contributed by atoms with Crippen molar-refractivity contribution >= 4 is 17.6 Å². The molecule has 0 spiro atoms. The van der Waals surface area contributed by atoms with Gasteiger partial charge < -0.3 is 15.2 Å². The lowest BCUT2D eigenvalue weighted by Gasteiger charge is -2.41. The van der Waals surface area contributed by atoms with Crippen LogP contribution in [0.5, 0.6) is 0 Å². The minimum atomic E-state index is -0.796. The number of aryl methyl sites for hydroxylation is 3. The highest BCUT2D eigenvalue weighted by Gasteiger charge is 2.41. The third kappa shape index (κ3) is 6.42. The van der Waals surface area contributed by atoms with Crippen molar-refractivity contribution in [2.45, 2.75) is 104 Å². The Morgan fingerprint density at radius 3 is 2.24 bits per heavy atom. The fourth-order valence-electron chi connectivity index (χ4n) is 7.21. The zero-order chi connectivity index (χ0) is 29.6. The van der Waals surface area contributed by atoms with Gasteiger partial charge in [-0.2, -0.15) is 9.49 Å². The lowest BCUT2D eigenvalue weighted by molar-refractivity contribution is -0.121. The van der Waals surface area contributed by atoms with E-state index in [2.05, 4.69) is 31.0 Å². The van der Waals surface area contributed by atoms with Gasteiger partial charge in [-0.25, -0.2) is 4.98 Å². The summed E-state index contributed by atoms with van der Waals surface area (Å²) in [5.41, 5.74) is 3.45. The van der Waals surface area contributed by atoms with Crippen molar-refractivity contribution in [2.75, 3.05) is 5.32 Å². The fraction of sp³-hybridized carbons (Fsp3) is 0.594. The molecule has 0 saturated heterocycles. The second kappa shape index (κ2) is 13.6. The number of hydrogen-bond acceptors (Lipinski definition) is 6. The molecule has 0 aromatic carbocycles. The monoisotopic (exact) mass is 578 g/mol. The molecule has 1 atom stereocenters. The molecule has 0 unspecified atom stereocenters. The standard InChI is InChI=1S/C32H43FN6O3/c1-4-24-23(18-42-39-24)31(40)36-29(28(20-12-8-6-9-13-20)21-14-10-7-11-15-21)32(41)35-26-17-16-22(30(33)34-26)27-19(3)37-38-25(27)5-2/h16-18,20-21,28-29H,4-15H2,1-3H3,(H,36,40)(H,37,38)(H,34,35,41)/t29-/m0/s1. The lowest BCUT2D eigenvalue weighted by atomic mass is 9.66. The maximum atomic E-state index is 15.4. The summed E-state index contributed by atoms with van der Waals surface area (Å²) in [6, 6.07) is 2.45. The fourth-order valence-corrected chi connectivity index (χ4v) is 7.21. The maximum absolute atomic E-state index is 15.4. The minimum absolute atomic E-state index is 0.0238. The molecular formula is C32H43FN6O3. The van der Waals surface area contributed by atoms with E-state index in [-0.39, 0.29) is 23.6 Å². The largest absolute Gasteiger partial charge is 0.364 e. The second-order valence-corrected chi connectivity index (χ2v) is 11.9. The third-order valence-corrected chi connectivity index (χ3v) is 9.29. The molecule has 10 heteroatoms. The number of hydrogen-bond donors (Lipinski definition) is 3. The molecule has 2 saturated carbocycles. The number of amides is 2. The van der Waals surface area contributed by atoms with Crippen molar-refractivity contribution in [1.29, 1.82) is 0 Å². The average molecular weight is 579 g/mol. The van der Waals surface area contributed by atoms with Crippen LogP contribution in [0.15, 0.2) is 22.9 Å². The summed E-state index contributed by atoms with van der Waals surface area (Å²) in [4.78, 5) is 31.8. The smallest absolute Gasteiger partial charge is 0.257 e. The summed E-state index contributed by atoms with van der Waals surface area (Å²) < 4.78 is 20.5. The Kier molecular flexibility index (Phi) is 9.69. The highest BCUT2D eigenvalue weighted by atomic mass is 19.1. The molecule has 0 bridgehead atoms. The number of anilines is 1. The van der Waals surface area contributed by atoms with Crippen LogP contribution in [0.4, 0.5) is 10.2 Å². The SMILES string of the molecule is CCc1nocc1C(=O)N[C@H](C(=O)Nc1ccc(-c2c(CC)n[nH]c2C)c(F)n1)C(C1CCCCC1)C1CCCCC1. The highest BCUT2D eigenvalue weighted by molar-refractivity contribution is 6.01. The molecule has 3 aromatic rings. The molecule has 2 aliphatic carbocycles. The van der Waals surface area contributed by atoms with E-state index in [4.69, 9.17) is 4.52 Å². The van der Waals surface area contributed by atoms with Crippen molar-refractivity contribution in [3.63, 3.8) is 0 Å². The number of rotatable bonds is 10. The summed E-state index contributed by atoms with van der Waals surface area (Å²) >= 11 is 0. The Morgan fingerprint density at radius 1 is 1.00 bits per heavy atom. The number of H-pyrrole nitrogens is 1. The van der Waals surface area contributed by atoms with Crippen molar-refractivity contribution in [3.8, 4) is 11.1 Å². The van der Waals surface area contributed by atoms with Crippen LogP contribution < -0.4 is 10.6 Å². The Labute approximate surface area is 246 Å². The molecule has 0 aliphatic heterocycles. The molecule has 5 rings (SSSR count). The minimum Gasteiger partial charge on any atom is -0.364 e. The van der Waals surface area contributed by atoms with E-state index < -0.39 is 12.0 Å². The number of carbonyl (C=O) groups excluding carboxylic acids is 2. The van der Waals surface area contributed by atoms with Gasteiger partial charge in [0.05, 0.1) is 11.4 Å². The van der Waals surface area contributed by atoms with Gasteiger partial charge in [0.2, 0.25) is 11.9 Å². The van der Waals surface area contributed by atoms with E-state index in [1.165, 1.54) is 19.1 Å². The molecule has 3 heterocycles. The predicted molar refractivity (Wildman–Crippen MR) is 158 cm³/mol. The van der Waals surface area contributed by atoms with Gasteiger partial charge >= 0.3 is 0 Å². The molecule has 9 nitrogen and oxygen atoms in total. The molecule has 3 aromatic heterocycles. The highest BCUT2D eigenvalue weighted by Crippen LogP contribution is 2.42. The van der Waals surface area contributed by atoms with Crippen LogP contribution in [0.1, 0.15) is 105 Å². The first-order valence-corrected chi connectivity index (χ1v) is 15.7. The van der Waals surface area contributed by atoms with E-state index in [1.54, 1.807) is 12.1 Å². The van der Waals surface area contributed by atoms with Crippen LogP contribution >= 0.6 is 0 Å². The van der Waals surface area contributed by atoms with Crippen LogP contribution in [0, 0.1) is 30.6 Å². The zero-order valence-corrected chi connectivity index (χ0v) is 25.0. The van der Waals surface area contributed by atoms with E-state index in [0.717, 1.165) is 62.8 Å². The van der Waals surface area contributed by atoms with E-state index in [0.29, 0.717) is 47.1 Å². The second-order valence-electron chi connectivity index (χ2n) is 11.9. The maximum Gasteiger partial charge on any atom is 0.257 e. The van der Waals surface area contributed by atoms with Crippen molar-refractivity contribution in [2.24, 2.45) is 17.8 Å². The normalized spacial score (nSPS) is 17.4. The summed E-state index contributed by atoms with van der Waals surface area (Å²) in [6.45, 7) is 5.72. The summed E-state index contributed by atoms with van der Waals surface area (Å²) in [7, 11) is 0. The van der Waals surface area contributed by atoms with Crippen LogP contribution in [0.2, 0.25) is 0 Å². The van der Waals surface area contributed by atoms with Crippen LogP contribution in [0.25, 0.3) is 11.1 Å². The van der Waals surface area contributed by atoms with Gasteiger partial charge in [-0.05, 0) is 49.7 Å². The van der Waals surface area contributed by atoms with Gasteiger partial charge in [0, 0.05) is 16.8 Å². The van der Waals surface area contributed by atoms with Gasteiger partial charge in [-0.1, -0.05) is 83.2 Å². The number of pyridine rings is 1. The number of nitrogens with zero attached hydrogens (tertiary/aromatic N) is 3. The Hall–Kier alpha value is -3.56. The summed E-state index contributed by atoms with van der Waals surface area (Å²) in [5.74, 6) is -0.673. The number of halogens is 1. The Balaban J connectivity index is 1.46. The van der Waals surface area contributed by atoms with Gasteiger partial charge in [0.1, 0.15) is 23.7 Å². The summed E-state index contributed by atoms with van der Waals surface area (Å²) in [6.07, 6.45) is 13.6. The van der Waals surface area contributed by atoms with Gasteiger partial charge in [-0.15, -0.1) is 0 Å². The quantitative estimate of drug-likeness (QED) is 0.234. The Morgan fingerprint density at radius 2 is 1.64 bits per heavy atom. The van der Waals surface area contributed by atoms with E-state index in [1.807, 2.05) is 20.8 Å². The van der Waals surface area contributed by atoms with Crippen molar-refractivity contribution in [3.05, 3.63) is 47.0 Å². The number of aromatic amines is 1. The molecule has 3 N–H and O–H groups in total.